The first-order chi connectivity index (χ1) is 12.7. The van der Waals surface area contributed by atoms with E-state index < -0.39 is 23.7 Å². The number of aromatic nitrogens is 1. The highest BCUT2D eigenvalue weighted by molar-refractivity contribution is 5.95. The van der Waals surface area contributed by atoms with E-state index in [-0.39, 0.29) is 23.4 Å². The molecule has 1 aromatic heterocycles. The molecule has 27 heavy (non-hydrogen) atoms. The van der Waals surface area contributed by atoms with Crippen LogP contribution in [0, 0.1) is 6.92 Å². The summed E-state index contributed by atoms with van der Waals surface area (Å²) < 4.78 is 47.7. The van der Waals surface area contributed by atoms with Gasteiger partial charge in [-0.25, -0.2) is 9.78 Å². The zero-order valence-electron chi connectivity index (χ0n) is 14.8. The molecule has 1 N–H and O–H groups in total. The van der Waals surface area contributed by atoms with Crippen molar-refractivity contribution in [2.45, 2.75) is 19.6 Å². The van der Waals surface area contributed by atoms with Crippen LogP contribution in [0.25, 0.3) is 0 Å². The molecule has 1 amide bonds. The molecule has 0 unspecified atom stereocenters. The van der Waals surface area contributed by atoms with E-state index in [1.54, 1.807) is 12.1 Å². The van der Waals surface area contributed by atoms with E-state index in [2.05, 4.69) is 15.0 Å². The first kappa shape index (κ1) is 20.2. The number of rotatable bonds is 5. The Morgan fingerprint density at radius 3 is 2.37 bits per heavy atom. The number of carbonyl (C=O) groups excluding carboxylic acids is 2. The van der Waals surface area contributed by atoms with Gasteiger partial charge < -0.3 is 14.8 Å². The predicted octanol–water partition coefficient (Wildman–Crippen LogP) is 3.13. The molecule has 0 aliphatic carbocycles. The molecule has 1 aromatic carbocycles. The van der Waals surface area contributed by atoms with Crippen molar-refractivity contribution in [1.82, 2.24) is 10.3 Å². The Labute approximate surface area is 153 Å². The van der Waals surface area contributed by atoms with Crippen LogP contribution in [-0.4, -0.2) is 31.1 Å². The van der Waals surface area contributed by atoms with Crippen molar-refractivity contribution < 1.29 is 32.2 Å². The first-order valence-electron chi connectivity index (χ1n) is 7.75. The Morgan fingerprint density at radius 1 is 1.11 bits per heavy atom. The lowest BCUT2D eigenvalue weighted by Crippen LogP contribution is -2.24. The molecule has 0 bridgehead atoms. The van der Waals surface area contributed by atoms with Gasteiger partial charge in [0, 0.05) is 6.54 Å². The zero-order chi connectivity index (χ0) is 20.2. The minimum atomic E-state index is -4.58. The molecule has 0 radical (unpaired) electrons. The number of hydrogen-bond acceptors (Lipinski definition) is 5. The maximum atomic E-state index is 12.7. The van der Waals surface area contributed by atoms with Crippen LogP contribution in [0.5, 0.6) is 5.75 Å². The molecule has 0 aliphatic heterocycles. The molecule has 0 saturated heterocycles. The van der Waals surface area contributed by atoms with E-state index in [1.165, 1.54) is 27.2 Å². The number of alkyl halides is 3. The summed E-state index contributed by atoms with van der Waals surface area (Å²) in [5.41, 5.74) is -0.285. The Morgan fingerprint density at radius 2 is 1.81 bits per heavy atom. The molecule has 6 nitrogen and oxygen atoms in total. The standard InChI is InChI=1S/C18H17F3N2O4/c1-10-12(5-7-15(23-10)18(19,20)21)16(24)22-9-11-4-6-14(26-2)13(8-11)17(25)27-3/h4-8H,9H2,1-3H3,(H,22,24). The Balaban J connectivity index is 2.15. The number of benzene rings is 1. The number of carbonyl (C=O) groups is 2. The van der Waals surface area contributed by atoms with Gasteiger partial charge >= 0.3 is 12.1 Å². The number of aryl methyl sites for hydroxylation is 1. The van der Waals surface area contributed by atoms with Crippen LogP contribution in [0.4, 0.5) is 13.2 Å². The minimum Gasteiger partial charge on any atom is -0.496 e. The second-order valence-electron chi connectivity index (χ2n) is 5.54. The van der Waals surface area contributed by atoms with Gasteiger partial charge in [0.1, 0.15) is 17.0 Å². The van der Waals surface area contributed by atoms with Crippen LogP contribution >= 0.6 is 0 Å². The van der Waals surface area contributed by atoms with Crippen LogP contribution in [0.3, 0.4) is 0 Å². The van der Waals surface area contributed by atoms with Crippen LogP contribution in [0.15, 0.2) is 30.3 Å². The molecule has 2 aromatic rings. The fourth-order valence-corrected chi connectivity index (χ4v) is 2.37. The molecule has 1 heterocycles. The molecule has 9 heteroatoms. The van der Waals surface area contributed by atoms with Gasteiger partial charge in [-0.1, -0.05) is 6.07 Å². The molecular formula is C18H17F3N2O4. The average molecular weight is 382 g/mol. The maximum Gasteiger partial charge on any atom is 0.433 e. The van der Waals surface area contributed by atoms with Gasteiger partial charge in [-0.2, -0.15) is 13.2 Å². The van der Waals surface area contributed by atoms with Crippen LogP contribution in [-0.2, 0) is 17.5 Å². The SMILES string of the molecule is COC(=O)c1cc(CNC(=O)c2ccc(C(F)(F)F)nc2C)ccc1OC. The molecule has 0 fully saturated rings. The van der Waals surface area contributed by atoms with Gasteiger partial charge in [0.2, 0.25) is 0 Å². The van der Waals surface area contributed by atoms with Gasteiger partial charge in [0.15, 0.2) is 0 Å². The number of halogens is 3. The minimum absolute atomic E-state index is 0.0321. The number of hydrogen-bond donors (Lipinski definition) is 1. The van der Waals surface area contributed by atoms with Crippen molar-refractivity contribution in [2.24, 2.45) is 0 Å². The molecular weight excluding hydrogens is 365 g/mol. The van der Waals surface area contributed by atoms with E-state index in [0.717, 1.165) is 12.1 Å². The van der Waals surface area contributed by atoms with Crippen LogP contribution in [0.2, 0.25) is 0 Å². The lowest BCUT2D eigenvalue weighted by Gasteiger charge is -2.12. The smallest absolute Gasteiger partial charge is 0.433 e. The van der Waals surface area contributed by atoms with Crippen molar-refractivity contribution >= 4 is 11.9 Å². The summed E-state index contributed by atoms with van der Waals surface area (Å²) in [6.07, 6.45) is -4.58. The van der Waals surface area contributed by atoms with E-state index in [0.29, 0.717) is 11.3 Å². The number of ether oxygens (including phenoxy) is 2. The van der Waals surface area contributed by atoms with E-state index >= 15 is 0 Å². The third kappa shape index (κ3) is 4.75. The fraction of sp³-hybridized carbons (Fsp3) is 0.278. The van der Waals surface area contributed by atoms with Gasteiger partial charge in [0.25, 0.3) is 5.91 Å². The topological polar surface area (TPSA) is 77.5 Å². The molecule has 0 aliphatic rings. The van der Waals surface area contributed by atoms with Gasteiger partial charge in [0.05, 0.1) is 25.5 Å². The van der Waals surface area contributed by atoms with Crippen molar-refractivity contribution in [3.05, 3.63) is 58.4 Å². The average Bonchev–Trinajstić information content (AvgIpc) is 2.64. The highest BCUT2D eigenvalue weighted by atomic mass is 19.4. The van der Waals surface area contributed by atoms with Gasteiger partial charge in [-0.05, 0) is 36.8 Å². The number of nitrogens with one attached hydrogen (secondary N) is 1. The Bertz CT molecular complexity index is 866. The van der Waals surface area contributed by atoms with E-state index in [4.69, 9.17) is 4.74 Å². The normalized spacial score (nSPS) is 11.0. The van der Waals surface area contributed by atoms with Crippen LogP contribution < -0.4 is 10.1 Å². The first-order valence-corrected chi connectivity index (χ1v) is 7.75. The Hall–Kier alpha value is -3.10. The van der Waals surface area contributed by atoms with Crippen molar-refractivity contribution in [1.29, 1.82) is 0 Å². The van der Waals surface area contributed by atoms with Crippen molar-refractivity contribution in [3.63, 3.8) is 0 Å². The van der Waals surface area contributed by atoms with E-state index in [9.17, 15) is 22.8 Å². The fourth-order valence-electron chi connectivity index (χ4n) is 2.37. The summed E-state index contributed by atoms with van der Waals surface area (Å²) in [6.45, 7) is 1.38. The third-order valence-electron chi connectivity index (χ3n) is 3.74. The largest absolute Gasteiger partial charge is 0.496 e. The number of esters is 1. The second-order valence-corrected chi connectivity index (χ2v) is 5.54. The molecule has 2 rings (SSSR count). The molecule has 0 saturated carbocycles. The van der Waals surface area contributed by atoms with Crippen molar-refractivity contribution in [2.75, 3.05) is 14.2 Å². The van der Waals surface area contributed by atoms with E-state index in [1.807, 2.05) is 0 Å². The lowest BCUT2D eigenvalue weighted by molar-refractivity contribution is -0.141. The zero-order valence-corrected chi connectivity index (χ0v) is 14.8. The monoisotopic (exact) mass is 382 g/mol. The maximum absolute atomic E-state index is 12.7. The summed E-state index contributed by atoms with van der Waals surface area (Å²) >= 11 is 0. The van der Waals surface area contributed by atoms with Crippen molar-refractivity contribution in [3.8, 4) is 5.75 Å². The highest BCUT2D eigenvalue weighted by Crippen LogP contribution is 2.28. The summed E-state index contributed by atoms with van der Waals surface area (Å²) in [4.78, 5) is 27.5. The summed E-state index contributed by atoms with van der Waals surface area (Å²) in [7, 11) is 2.64. The lowest BCUT2D eigenvalue weighted by atomic mass is 10.1. The molecule has 0 atom stereocenters. The van der Waals surface area contributed by atoms with Gasteiger partial charge in [-0.3, -0.25) is 4.79 Å². The Kier molecular flexibility index (Phi) is 6.04. The highest BCUT2D eigenvalue weighted by Gasteiger charge is 2.33. The van der Waals surface area contributed by atoms with Crippen LogP contribution in [0.1, 0.15) is 37.7 Å². The van der Waals surface area contributed by atoms with Gasteiger partial charge in [-0.15, -0.1) is 0 Å². The number of amides is 1. The number of nitrogens with zero attached hydrogens (tertiary/aromatic N) is 1. The summed E-state index contributed by atoms with van der Waals surface area (Å²) in [5, 5.41) is 2.58. The second kappa shape index (κ2) is 8.07. The quantitative estimate of drug-likeness (QED) is 0.804. The molecule has 0 spiro atoms. The number of methoxy groups -OCH3 is 2. The third-order valence-corrected chi connectivity index (χ3v) is 3.74. The number of pyridine rings is 1. The predicted molar refractivity (Wildman–Crippen MR) is 89.5 cm³/mol. The summed E-state index contributed by atoms with van der Waals surface area (Å²) in [5.74, 6) is -0.855. The molecule has 144 valence electrons. The summed E-state index contributed by atoms with van der Waals surface area (Å²) in [6, 6.07) is 6.53.